The molecule has 4 nitrogen and oxygen atoms in total. The molecular weight excluding hydrogens is 726 g/mol. The van der Waals surface area contributed by atoms with Gasteiger partial charge in [-0.1, -0.05) is 18.2 Å². The van der Waals surface area contributed by atoms with Crippen LogP contribution in [0.2, 0.25) is 0 Å². The number of benzene rings is 8. The maximum atomic E-state index is 6.26. The zero-order chi connectivity index (χ0) is 36.0. The summed E-state index contributed by atoms with van der Waals surface area (Å²) in [6.45, 7) is 0. The van der Waals surface area contributed by atoms with E-state index in [0.29, 0.717) is 17.5 Å². The third kappa shape index (κ3) is 5.59. The van der Waals surface area contributed by atoms with Gasteiger partial charge in [0, 0.05) is 0 Å². The van der Waals surface area contributed by atoms with E-state index in [-0.39, 0.29) is 0 Å². The molecule has 0 bridgehead atoms. The molecular formula is C49H31N3OSe. The molecule has 0 unspecified atom stereocenters. The number of furan rings is 1. The van der Waals surface area contributed by atoms with Crippen molar-refractivity contribution in [2.45, 2.75) is 0 Å². The van der Waals surface area contributed by atoms with Crippen molar-refractivity contribution >= 4 is 53.2 Å². The first-order valence-corrected chi connectivity index (χ1v) is 18.9. The number of nitrogens with zero attached hydrogens (tertiary/aromatic N) is 3. The zero-order valence-electron chi connectivity index (χ0n) is 29.0. The van der Waals surface area contributed by atoms with Crippen molar-refractivity contribution in [3.8, 4) is 67.5 Å². The molecule has 8 aromatic carbocycles. The molecule has 0 saturated heterocycles. The molecule has 0 atom stereocenters. The van der Waals surface area contributed by atoms with Crippen LogP contribution in [0.4, 0.5) is 0 Å². The van der Waals surface area contributed by atoms with E-state index in [2.05, 4.69) is 125 Å². The van der Waals surface area contributed by atoms with Crippen LogP contribution in [0.25, 0.3) is 100 Å². The van der Waals surface area contributed by atoms with E-state index < -0.39 is 0 Å². The minimum atomic E-state index is 0.637. The van der Waals surface area contributed by atoms with Crippen molar-refractivity contribution in [1.82, 2.24) is 15.0 Å². The second-order valence-corrected chi connectivity index (χ2v) is 14.2. The monoisotopic (exact) mass is 757 g/mol. The summed E-state index contributed by atoms with van der Waals surface area (Å²) in [4.78, 5) is 14.9. The molecule has 0 radical (unpaired) electrons. The molecule has 0 aliphatic carbocycles. The first kappa shape index (κ1) is 32.0. The van der Waals surface area contributed by atoms with E-state index in [1.54, 1.807) is 0 Å². The molecule has 0 aliphatic heterocycles. The fourth-order valence-corrected chi connectivity index (χ4v) is 8.33. The molecule has 0 saturated carbocycles. The van der Waals surface area contributed by atoms with Gasteiger partial charge in [-0.25, -0.2) is 0 Å². The summed E-state index contributed by atoms with van der Waals surface area (Å²) in [5, 5.41) is 4.67. The number of fused-ring (bicyclic) bond motifs is 4. The van der Waals surface area contributed by atoms with Gasteiger partial charge in [0.15, 0.2) is 0 Å². The Kier molecular flexibility index (Phi) is 7.95. The SMILES string of the molecule is [SeH]c1c(-c2cccc(-c3cccc4c(-c5cccc6oc7ccccc7c56)cccc34)c2)cccc1-c1nc(-c2ccccc2)nc(-c2ccccc2)n1. The Hall–Kier alpha value is -6.65. The van der Waals surface area contributed by atoms with E-state index in [9.17, 15) is 0 Å². The van der Waals surface area contributed by atoms with Crippen molar-refractivity contribution < 1.29 is 4.42 Å². The van der Waals surface area contributed by atoms with Gasteiger partial charge in [-0.15, -0.1) is 0 Å². The average molecular weight is 757 g/mol. The Labute approximate surface area is 320 Å². The Morgan fingerprint density at radius 2 is 0.796 bits per heavy atom. The summed E-state index contributed by atoms with van der Waals surface area (Å²) in [7, 11) is 0. The van der Waals surface area contributed by atoms with Crippen LogP contribution in [0, 0.1) is 0 Å². The standard InChI is InChI=1S/C49H31N3OSe/c54-46-36(22-11-27-42(46)49-51-47(31-14-3-1-4-15-31)50-48(52-49)32-16-5-2-6-17-32)34-19-9-18-33(30-34)35-21-10-24-38-37(35)23-12-25-39(38)40-26-13-29-44-45(40)41-20-7-8-28-43(41)53-44/h1-30,54H. The molecule has 0 amide bonds. The van der Waals surface area contributed by atoms with Crippen LogP contribution in [0.5, 0.6) is 0 Å². The van der Waals surface area contributed by atoms with Gasteiger partial charge in [0.05, 0.1) is 0 Å². The molecule has 10 rings (SSSR count). The molecule has 0 N–H and O–H groups in total. The predicted molar refractivity (Wildman–Crippen MR) is 224 cm³/mol. The third-order valence-electron chi connectivity index (χ3n) is 10.1. The number of hydrogen-bond acceptors (Lipinski definition) is 4. The van der Waals surface area contributed by atoms with Crippen molar-refractivity contribution in [2.75, 3.05) is 0 Å². The van der Waals surface area contributed by atoms with Crippen LogP contribution in [-0.4, -0.2) is 31.0 Å². The fraction of sp³-hybridized carbons (Fsp3) is 0. The van der Waals surface area contributed by atoms with Crippen LogP contribution in [0.1, 0.15) is 0 Å². The van der Waals surface area contributed by atoms with E-state index >= 15 is 0 Å². The zero-order valence-corrected chi connectivity index (χ0v) is 30.9. The Morgan fingerprint density at radius 1 is 0.333 bits per heavy atom. The van der Waals surface area contributed by atoms with Crippen LogP contribution in [-0.2, 0) is 0 Å². The topological polar surface area (TPSA) is 51.8 Å². The molecule has 254 valence electrons. The van der Waals surface area contributed by atoms with E-state index in [1.165, 1.54) is 27.5 Å². The van der Waals surface area contributed by atoms with Crippen LogP contribution in [0.15, 0.2) is 186 Å². The van der Waals surface area contributed by atoms with Crippen molar-refractivity contribution in [2.24, 2.45) is 0 Å². The quantitative estimate of drug-likeness (QED) is 0.159. The maximum absolute atomic E-state index is 6.26. The van der Waals surface area contributed by atoms with Gasteiger partial charge in [-0.2, -0.15) is 0 Å². The van der Waals surface area contributed by atoms with Crippen molar-refractivity contribution in [1.29, 1.82) is 0 Å². The molecule has 2 heterocycles. The summed E-state index contributed by atoms with van der Waals surface area (Å²) >= 11 is 2.77. The Balaban J connectivity index is 1.08. The summed E-state index contributed by atoms with van der Waals surface area (Å²) in [5.41, 5.74) is 11.6. The van der Waals surface area contributed by atoms with E-state index in [1.807, 2.05) is 72.8 Å². The van der Waals surface area contributed by atoms with E-state index in [0.717, 1.165) is 59.8 Å². The molecule has 5 heteroatoms. The summed E-state index contributed by atoms with van der Waals surface area (Å²) in [6.07, 6.45) is 0. The number of rotatable bonds is 6. The molecule has 0 aliphatic rings. The van der Waals surface area contributed by atoms with E-state index in [4.69, 9.17) is 19.4 Å². The first-order chi connectivity index (χ1) is 26.7. The Bertz CT molecular complexity index is 2950. The van der Waals surface area contributed by atoms with Gasteiger partial charge in [0.25, 0.3) is 0 Å². The number of para-hydroxylation sites is 1. The van der Waals surface area contributed by atoms with Gasteiger partial charge < -0.3 is 4.42 Å². The number of hydrogen-bond donors (Lipinski definition) is 0. The Morgan fingerprint density at radius 3 is 1.54 bits per heavy atom. The van der Waals surface area contributed by atoms with Gasteiger partial charge in [0.1, 0.15) is 5.58 Å². The minimum absolute atomic E-state index is 0.637. The summed E-state index contributed by atoms with van der Waals surface area (Å²) in [6, 6.07) is 63.2. The van der Waals surface area contributed by atoms with Gasteiger partial charge in [-0.3, -0.25) is 0 Å². The molecule has 10 aromatic rings. The second kappa shape index (κ2) is 13.4. The second-order valence-electron chi connectivity index (χ2n) is 13.3. The summed E-state index contributed by atoms with van der Waals surface area (Å²) in [5.74, 6) is 1.93. The van der Waals surface area contributed by atoms with Gasteiger partial charge in [0.2, 0.25) is 0 Å². The van der Waals surface area contributed by atoms with Gasteiger partial charge >= 0.3 is 282 Å². The number of aromatic nitrogens is 3. The molecule has 54 heavy (non-hydrogen) atoms. The average Bonchev–Trinajstić information content (AvgIpc) is 3.63. The van der Waals surface area contributed by atoms with Crippen molar-refractivity contribution in [3.63, 3.8) is 0 Å². The normalized spacial score (nSPS) is 11.4. The fourth-order valence-electron chi connectivity index (χ4n) is 7.54. The first-order valence-electron chi connectivity index (χ1n) is 17.9. The van der Waals surface area contributed by atoms with Crippen LogP contribution in [0.3, 0.4) is 0 Å². The summed E-state index contributed by atoms with van der Waals surface area (Å²) < 4.78 is 7.31. The molecule has 2 aromatic heterocycles. The predicted octanol–water partition coefficient (Wildman–Crippen LogP) is 11.5. The van der Waals surface area contributed by atoms with Crippen LogP contribution < -0.4 is 4.46 Å². The third-order valence-corrected chi connectivity index (χ3v) is 11.1. The van der Waals surface area contributed by atoms with Crippen LogP contribution >= 0.6 is 0 Å². The molecule has 0 fully saturated rings. The molecule has 0 spiro atoms. The van der Waals surface area contributed by atoms with Crippen molar-refractivity contribution in [3.05, 3.63) is 182 Å². The van der Waals surface area contributed by atoms with Gasteiger partial charge in [-0.05, 0) is 12.1 Å².